The van der Waals surface area contributed by atoms with Crippen LogP contribution in [0.3, 0.4) is 0 Å². The lowest BCUT2D eigenvalue weighted by Gasteiger charge is -2.09. The molecule has 0 radical (unpaired) electrons. The molecular weight excluding hydrogens is 250 g/mol. The number of aromatic nitrogens is 1. The number of nitriles is 1. The predicted molar refractivity (Wildman–Crippen MR) is 69.6 cm³/mol. The minimum absolute atomic E-state index is 0.102. The normalized spacial score (nSPS) is 9.83. The van der Waals surface area contributed by atoms with Crippen molar-refractivity contribution in [1.82, 2.24) is 4.98 Å². The van der Waals surface area contributed by atoms with E-state index in [0.717, 1.165) is 0 Å². The number of aliphatic hydroxyl groups excluding tert-OH is 1. The number of halogens is 1. The molecule has 0 aliphatic heterocycles. The van der Waals surface area contributed by atoms with Crippen LogP contribution in [0.15, 0.2) is 36.5 Å². The van der Waals surface area contributed by atoms with Gasteiger partial charge in [0.1, 0.15) is 11.9 Å². The van der Waals surface area contributed by atoms with Crippen molar-refractivity contribution in [3.05, 3.63) is 52.7 Å². The molecule has 0 aliphatic carbocycles. The van der Waals surface area contributed by atoms with Crippen molar-refractivity contribution in [3.63, 3.8) is 0 Å². The Hall–Kier alpha value is -2.09. The molecule has 0 atom stereocenters. The summed E-state index contributed by atoms with van der Waals surface area (Å²) in [6, 6.07) is 10.6. The van der Waals surface area contributed by atoms with Crippen molar-refractivity contribution in [2.24, 2.45) is 0 Å². The summed E-state index contributed by atoms with van der Waals surface area (Å²) in [7, 11) is 0. The molecular formula is C13H10ClN3O. The van der Waals surface area contributed by atoms with Gasteiger partial charge in [0.05, 0.1) is 17.2 Å². The summed E-state index contributed by atoms with van der Waals surface area (Å²) in [5.41, 5.74) is 1.78. The van der Waals surface area contributed by atoms with Crippen molar-refractivity contribution >= 4 is 23.1 Å². The van der Waals surface area contributed by atoms with Gasteiger partial charge in [-0.2, -0.15) is 5.26 Å². The molecule has 0 aliphatic rings. The van der Waals surface area contributed by atoms with Crippen LogP contribution < -0.4 is 5.32 Å². The van der Waals surface area contributed by atoms with Gasteiger partial charge in [-0.15, -0.1) is 0 Å². The maximum Gasteiger partial charge on any atom is 0.135 e. The summed E-state index contributed by atoms with van der Waals surface area (Å²) < 4.78 is 0. The molecule has 0 saturated heterocycles. The number of benzene rings is 1. The zero-order chi connectivity index (χ0) is 13.0. The Kier molecular flexibility index (Phi) is 3.78. The van der Waals surface area contributed by atoms with Crippen LogP contribution >= 0.6 is 11.6 Å². The number of anilines is 2. The highest BCUT2D eigenvalue weighted by molar-refractivity contribution is 6.31. The van der Waals surface area contributed by atoms with E-state index in [0.29, 0.717) is 27.7 Å². The van der Waals surface area contributed by atoms with E-state index in [1.54, 1.807) is 36.5 Å². The van der Waals surface area contributed by atoms with Crippen molar-refractivity contribution in [2.75, 3.05) is 5.32 Å². The Labute approximate surface area is 109 Å². The van der Waals surface area contributed by atoms with E-state index >= 15 is 0 Å². The summed E-state index contributed by atoms with van der Waals surface area (Å²) in [5.74, 6) is 0.561. The Morgan fingerprint density at radius 1 is 1.39 bits per heavy atom. The first-order chi connectivity index (χ1) is 8.74. The Morgan fingerprint density at radius 2 is 2.22 bits per heavy atom. The second-order valence-corrected chi connectivity index (χ2v) is 4.01. The van der Waals surface area contributed by atoms with Crippen LogP contribution in [0.5, 0.6) is 0 Å². The number of nitrogens with one attached hydrogen (secondary N) is 1. The molecule has 1 heterocycles. The molecule has 2 N–H and O–H groups in total. The van der Waals surface area contributed by atoms with E-state index in [1.807, 2.05) is 6.07 Å². The Balaban J connectivity index is 2.32. The van der Waals surface area contributed by atoms with Crippen LogP contribution in [0.25, 0.3) is 0 Å². The fourth-order valence-electron chi connectivity index (χ4n) is 1.50. The Morgan fingerprint density at radius 3 is 2.94 bits per heavy atom. The summed E-state index contributed by atoms with van der Waals surface area (Å²) in [4.78, 5) is 4.14. The van der Waals surface area contributed by atoms with Gasteiger partial charge in [0.15, 0.2) is 0 Å². The SMILES string of the molecule is N#Cc1cc(Nc2ncccc2CO)ccc1Cl. The molecule has 0 spiro atoms. The van der Waals surface area contributed by atoms with E-state index in [1.165, 1.54) is 0 Å². The van der Waals surface area contributed by atoms with Gasteiger partial charge in [0.25, 0.3) is 0 Å². The number of rotatable bonds is 3. The lowest BCUT2D eigenvalue weighted by atomic mass is 10.2. The number of hydrogen-bond acceptors (Lipinski definition) is 4. The summed E-state index contributed by atoms with van der Waals surface area (Å²) >= 11 is 5.85. The quantitative estimate of drug-likeness (QED) is 0.889. The highest BCUT2D eigenvalue weighted by atomic mass is 35.5. The summed E-state index contributed by atoms with van der Waals surface area (Å²) in [5, 5.41) is 21.5. The summed E-state index contributed by atoms with van der Waals surface area (Å²) in [6.45, 7) is -0.102. The van der Waals surface area contributed by atoms with Crippen LogP contribution in [-0.2, 0) is 6.61 Å². The molecule has 4 nitrogen and oxygen atoms in total. The van der Waals surface area contributed by atoms with Crippen LogP contribution in [0.1, 0.15) is 11.1 Å². The fraction of sp³-hybridized carbons (Fsp3) is 0.0769. The first-order valence-corrected chi connectivity index (χ1v) is 5.64. The third-order valence-electron chi connectivity index (χ3n) is 2.41. The van der Waals surface area contributed by atoms with Gasteiger partial charge < -0.3 is 10.4 Å². The predicted octanol–water partition coefficient (Wildman–Crippen LogP) is 2.84. The lowest BCUT2D eigenvalue weighted by molar-refractivity contribution is 0.282. The van der Waals surface area contributed by atoms with Crippen molar-refractivity contribution in [3.8, 4) is 6.07 Å². The van der Waals surface area contributed by atoms with Crippen LogP contribution in [0.4, 0.5) is 11.5 Å². The second kappa shape index (κ2) is 5.50. The zero-order valence-electron chi connectivity index (χ0n) is 9.39. The van der Waals surface area contributed by atoms with Gasteiger partial charge in [0.2, 0.25) is 0 Å². The third kappa shape index (κ3) is 2.59. The molecule has 0 saturated carbocycles. The number of pyridine rings is 1. The summed E-state index contributed by atoms with van der Waals surface area (Å²) in [6.07, 6.45) is 1.63. The number of hydrogen-bond donors (Lipinski definition) is 2. The molecule has 5 heteroatoms. The molecule has 2 aromatic rings. The average molecular weight is 260 g/mol. The minimum Gasteiger partial charge on any atom is -0.392 e. The van der Waals surface area contributed by atoms with Gasteiger partial charge >= 0.3 is 0 Å². The highest BCUT2D eigenvalue weighted by Crippen LogP contribution is 2.23. The first kappa shape index (κ1) is 12.4. The minimum atomic E-state index is -0.102. The van der Waals surface area contributed by atoms with Gasteiger partial charge in [-0.3, -0.25) is 0 Å². The number of nitrogens with zero attached hydrogens (tertiary/aromatic N) is 2. The zero-order valence-corrected chi connectivity index (χ0v) is 10.1. The van der Waals surface area contributed by atoms with Crippen molar-refractivity contribution in [2.45, 2.75) is 6.61 Å². The van der Waals surface area contributed by atoms with Crippen LogP contribution in [0.2, 0.25) is 5.02 Å². The van der Waals surface area contributed by atoms with Gasteiger partial charge in [-0.05, 0) is 24.3 Å². The van der Waals surface area contributed by atoms with Crippen molar-refractivity contribution < 1.29 is 5.11 Å². The largest absolute Gasteiger partial charge is 0.392 e. The molecule has 0 amide bonds. The molecule has 18 heavy (non-hydrogen) atoms. The lowest BCUT2D eigenvalue weighted by Crippen LogP contribution is -1.99. The molecule has 0 unspecified atom stereocenters. The molecule has 1 aromatic heterocycles. The Bertz CT molecular complexity index is 607. The third-order valence-corrected chi connectivity index (χ3v) is 2.74. The van der Waals surface area contributed by atoms with Gasteiger partial charge in [-0.25, -0.2) is 4.98 Å². The van der Waals surface area contributed by atoms with Gasteiger partial charge in [0, 0.05) is 17.4 Å². The molecule has 1 aromatic carbocycles. The maximum atomic E-state index is 9.19. The highest BCUT2D eigenvalue weighted by Gasteiger charge is 2.05. The first-order valence-electron chi connectivity index (χ1n) is 5.26. The molecule has 90 valence electrons. The van der Waals surface area contributed by atoms with Crippen LogP contribution in [0, 0.1) is 11.3 Å². The molecule has 0 fully saturated rings. The fourth-order valence-corrected chi connectivity index (χ4v) is 1.66. The van der Waals surface area contributed by atoms with E-state index < -0.39 is 0 Å². The topological polar surface area (TPSA) is 68.9 Å². The maximum absolute atomic E-state index is 9.19. The monoisotopic (exact) mass is 259 g/mol. The van der Waals surface area contributed by atoms with Crippen LogP contribution in [-0.4, -0.2) is 10.1 Å². The molecule has 0 bridgehead atoms. The van der Waals surface area contributed by atoms with E-state index in [9.17, 15) is 5.11 Å². The van der Waals surface area contributed by atoms with Gasteiger partial charge in [-0.1, -0.05) is 17.7 Å². The number of aliphatic hydroxyl groups is 1. The standard InChI is InChI=1S/C13H10ClN3O/c14-12-4-3-11(6-10(12)7-15)17-13-9(8-18)2-1-5-16-13/h1-6,18H,8H2,(H,16,17). The van der Waals surface area contributed by atoms with E-state index in [4.69, 9.17) is 16.9 Å². The average Bonchev–Trinajstić information content (AvgIpc) is 2.41. The second-order valence-electron chi connectivity index (χ2n) is 3.60. The van der Waals surface area contributed by atoms with E-state index in [2.05, 4.69) is 10.3 Å². The smallest absolute Gasteiger partial charge is 0.135 e. The van der Waals surface area contributed by atoms with Crippen molar-refractivity contribution in [1.29, 1.82) is 5.26 Å². The van der Waals surface area contributed by atoms with E-state index in [-0.39, 0.29) is 6.61 Å². The molecule has 2 rings (SSSR count).